The van der Waals surface area contributed by atoms with Crippen LogP contribution in [-0.4, -0.2) is 26.9 Å². The Bertz CT molecular complexity index is 959. The highest BCUT2D eigenvalue weighted by Crippen LogP contribution is 2.44. The van der Waals surface area contributed by atoms with Gasteiger partial charge in [0.05, 0.1) is 10.6 Å². The summed E-state index contributed by atoms with van der Waals surface area (Å²) in [5.74, 6) is 1.03. The van der Waals surface area contributed by atoms with Crippen LogP contribution in [0.2, 0.25) is 0 Å². The van der Waals surface area contributed by atoms with Gasteiger partial charge in [0.2, 0.25) is 5.91 Å². The number of aryl methyl sites for hydroxylation is 1. The second kappa shape index (κ2) is 7.59. The van der Waals surface area contributed by atoms with E-state index in [1.165, 1.54) is 23.6 Å². The average Bonchev–Trinajstić information content (AvgIpc) is 3.30. The van der Waals surface area contributed by atoms with Crippen LogP contribution in [0.1, 0.15) is 31.2 Å². The summed E-state index contributed by atoms with van der Waals surface area (Å²) < 4.78 is 27.8. The minimum absolute atomic E-state index is 0.184. The van der Waals surface area contributed by atoms with Crippen molar-refractivity contribution in [1.82, 2.24) is 5.32 Å². The zero-order valence-corrected chi connectivity index (χ0v) is 16.9. The lowest BCUT2D eigenvalue weighted by atomic mass is 9.95. The van der Waals surface area contributed by atoms with Crippen molar-refractivity contribution < 1.29 is 13.2 Å². The number of rotatable bonds is 6. The van der Waals surface area contributed by atoms with Crippen LogP contribution < -0.4 is 9.62 Å². The molecule has 1 N–H and O–H groups in total. The van der Waals surface area contributed by atoms with Crippen LogP contribution in [0.5, 0.6) is 0 Å². The number of nitrogens with zero attached hydrogens (tertiary/aromatic N) is 1. The molecule has 2 aliphatic rings. The number of benzene rings is 2. The van der Waals surface area contributed by atoms with Gasteiger partial charge >= 0.3 is 0 Å². The number of sulfonamides is 1. The SMILES string of the molecule is Cc1cccc(N(CC(=O)N[C@H]2C[C@H]3CC[C@H]2C3)S(=O)(=O)c2ccccc2)c1. The van der Waals surface area contributed by atoms with E-state index >= 15 is 0 Å². The van der Waals surface area contributed by atoms with Crippen LogP contribution >= 0.6 is 0 Å². The van der Waals surface area contributed by atoms with Gasteiger partial charge in [0, 0.05) is 6.04 Å². The van der Waals surface area contributed by atoms with E-state index in [4.69, 9.17) is 0 Å². The number of carbonyl (C=O) groups excluding carboxylic acids is 1. The molecular weight excluding hydrogens is 372 g/mol. The van der Waals surface area contributed by atoms with Crippen LogP contribution in [0.4, 0.5) is 5.69 Å². The summed E-state index contributed by atoms with van der Waals surface area (Å²) in [5.41, 5.74) is 1.45. The van der Waals surface area contributed by atoms with Crippen LogP contribution in [-0.2, 0) is 14.8 Å². The van der Waals surface area contributed by atoms with Gasteiger partial charge in [-0.05, 0) is 67.9 Å². The second-order valence-corrected chi connectivity index (χ2v) is 9.87. The number of fused-ring (bicyclic) bond motifs is 2. The average molecular weight is 399 g/mol. The third-order valence-corrected chi connectivity index (χ3v) is 7.78. The van der Waals surface area contributed by atoms with Gasteiger partial charge in [0.25, 0.3) is 10.0 Å². The standard InChI is InChI=1S/C22H26N2O3S/c1-16-6-5-7-19(12-16)24(28(26,27)20-8-3-2-4-9-20)15-22(25)23-21-14-17-10-11-18(21)13-17/h2-9,12,17-18,21H,10-11,13-15H2,1H3,(H,23,25)/t17-,18-,21-/m0/s1. The zero-order chi connectivity index (χ0) is 19.7. The normalized spacial score (nSPS) is 23.5. The van der Waals surface area contributed by atoms with Crippen LogP contribution in [0.25, 0.3) is 0 Å². The first-order chi connectivity index (χ1) is 13.4. The molecule has 2 fully saturated rings. The summed E-state index contributed by atoms with van der Waals surface area (Å²) in [6, 6.07) is 15.7. The molecule has 0 aliphatic heterocycles. The number of amides is 1. The monoisotopic (exact) mass is 398 g/mol. The Morgan fingerprint density at radius 2 is 1.86 bits per heavy atom. The van der Waals surface area contributed by atoms with Crippen molar-refractivity contribution in [3.05, 3.63) is 60.2 Å². The predicted molar refractivity (Wildman–Crippen MR) is 110 cm³/mol. The molecule has 2 aromatic carbocycles. The smallest absolute Gasteiger partial charge is 0.264 e. The third-order valence-electron chi connectivity index (χ3n) is 5.99. The van der Waals surface area contributed by atoms with Crippen molar-refractivity contribution in [2.24, 2.45) is 11.8 Å². The largest absolute Gasteiger partial charge is 0.352 e. The molecule has 6 heteroatoms. The molecule has 28 heavy (non-hydrogen) atoms. The Labute approximate surface area is 166 Å². The summed E-state index contributed by atoms with van der Waals surface area (Å²) in [7, 11) is -3.84. The second-order valence-electron chi connectivity index (χ2n) is 8.01. The number of hydrogen-bond donors (Lipinski definition) is 1. The number of anilines is 1. The molecule has 0 heterocycles. The molecule has 0 saturated heterocycles. The minimum atomic E-state index is -3.84. The molecule has 3 atom stereocenters. The van der Waals surface area contributed by atoms with E-state index in [1.54, 1.807) is 42.5 Å². The maximum absolute atomic E-state index is 13.3. The van der Waals surface area contributed by atoms with Crippen molar-refractivity contribution in [1.29, 1.82) is 0 Å². The first-order valence-electron chi connectivity index (χ1n) is 9.87. The maximum atomic E-state index is 13.3. The first kappa shape index (κ1) is 19.0. The maximum Gasteiger partial charge on any atom is 0.264 e. The highest BCUT2D eigenvalue weighted by atomic mass is 32.2. The lowest BCUT2D eigenvalue weighted by Gasteiger charge is -2.27. The van der Waals surface area contributed by atoms with Gasteiger partial charge in [-0.1, -0.05) is 36.8 Å². The molecule has 1 amide bonds. The molecule has 4 rings (SSSR count). The zero-order valence-electron chi connectivity index (χ0n) is 16.0. The lowest BCUT2D eigenvalue weighted by molar-refractivity contribution is -0.120. The van der Waals surface area contributed by atoms with E-state index in [1.807, 2.05) is 19.1 Å². The molecule has 0 spiro atoms. The summed E-state index contributed by atoms with van der Waals surface area (Å²) in [6.45, 7) is 1.70. The fourth-order valence-electron chi connectivity index (χ4n) is 4.62. The van der Waals surface area contributed by atoms with Gasteiger partial charge in [-0.15, -0.1) is 0 Å². The van der Waals surface area contributed by atoms with Gasteiger partial charge in [-0.25, -0.2) is 8.42 Å². The van der Waals surface area contributed by atoms with E-state index in [0.717, 1.165) is 17.9 Å². The fourth-order valence-corrected chi connectivity index (χ4v) is 6.06. The summed E-state index contributed by atoms with van der Waals surface area (Å²) in [6.07, 6.45) is 4.63. The Morgan fingerprint density at radius 3 is 2.50 bits per heavy atom. The van der Waals surface area contributed by atoms with E-state index in [2.05, 4.69) is 5.32 Å². The first-order valence-corrected chi connectivity index (χ1v) is 11.3. The van der Waals surface area contributed by atoms with E-state index in [0.29, 0.717) is 11.6 Å². The van der Waals surface area contributed by atoms with Gasteiger partial charge in [-0.3, -0.25) is 9.10 Å². The number of nitrogens with one attached hydrogen (secondary N) is 1. The van der Waals surface area contributed by atoms with Gasteiger partial charge in [0.15, 0.2) is 0 Å². The van der Waals surface area contributed by atoms with Crippen molar-refractivity contribution in [3.8, 4) is 0 Å². The molecular formula is C22H26N2O3S. The summed E-state index contributed by atoms with van der Waals surface area (Å²) in [4.78, 5) is 13.0. The van der Waals surface area contributed by atoms with Crippen LogP contribution in [0.3, 0.4) is 0 Å². The molecule has 0 aromatic heterocycles. The lowest BCUT2D eigenvalue weighted by Crippen LogP contribution is -2.46. The summed E-state index contributed by atoms with van der Waals surface area (Å²) in [5, 5.41) is 3.10. The van der Waals surface area contributed by atoms with Crippen molar-refractivity contribution >= 4 is 21.6 Å². The van der Waals surface area contributed by atoms with Crippen LogP contribution in [0.15, 0.2) is 59.5 Å². The molecule has 0 radical (unpaired) electrons. The minimum Gasteiger partial charge on any atom is -0.352 e. The summed E-state index contributed by atoms with van der Waals surface area (Å²) >= 11 is 0. The number of carbonyl (C=O) groups is 1. The molecule has 2 bridgehead atoms. The van der Waals surface area contributed by atoms with Crippen molar-refractivity contribution in [3.63, 3.8) is 0 Å². The Morgan fingerprint density at radius 1 is 1.07 bits per heavy atom. The fraction of sp³-hybridized carbons (Fsp3) is 0.409. The molecule has 2 saturated carbocycles. The molecule has 148 valence electrons. The van der Waals surface area contributed by atoms with Gasteiger partial charge < -0.3 is 5.32 Å². The molecule has 2 aromatic rings. The molecule has 0 unspecified atom stereocenters. The van der Waals surface area contributed by atoms with Gasteiger partial charge in [0.1, 0.15) is 6.54 Å². The molecule has 2 aliphatic carbocycles. The van der Waals surface area contributed by atoms with Crippen molar-refractivity contribution in [2.75, 3.05) is 10.8 Å². The van der Waals surface area contributed by atoms with E-state index in [-0.39, 0.29) is 23.4 Å². The van der Waals surface area contributed by atoms with Crippen LogP contribution in [0, 0.1) is 18.8 Å². The molecule has 5 nitrogen and oxygen atoms in total. The van der Waals surface area contributed by atoms with E-state index < -0.39 is 10.0 Å². The predicted octanol–water partition coefficient (Wildman–Crippen LogP) is 3.50. The quantitative estimate of drug-likeness (QED) is 0.810. The van der Waals surface area contributed by atoms with Gasteiger partial charge in [-0.2, -0.15) is 0 Å². The highest BCUT2D eigenvalue weighted by molar-refractivity contribution is 7.92. The van der Waals surface area contributed by atoms with E-state index in [9.17, 15) is 13.2 Å². The third kappa shape index (κ3) is 3.78. The Balaban J connectivity index is 1.59. The topological polar surface area (TPSA) is 66.5 Å². The number of hydrogen-bond acceptors (Lipinski definition) is 3. The highest BCUT2D eigenvalue weighted by Gasteiger charge is 2.40. The Kier molecular flexibility index (Phi) is 5.15. The van der Waals surface area contributed by atoms with Crippen molar-refractivity contribution in [2.45, 2.75) is 43.5 Å². The Hall–Kier alpha value is -2.34.